The van der Waals surface area contributed by atoms with Crippen LogP contribution in [0.2, 0.25) is 0 Å². The van der Waals surface area contributed by atoms with Gasteiger partial charge in [0.25, 0.3) is 5.91 Å². The molecule has 152 valence electrons. The number of carbonyl (C=O) groups is 3. The highest BCUT2D eigenvalue weighted by Gasteiger charge is 2.44. The first-order valence-electron chi connectivity index (χ1n) is 9.00. The fraction of sp³-hybridized carbons (Fsp3) is 0.286. The van der Waals surface area contributed by atoms with Gasteiger partial charge in [0.2, 0.25) is 5.78 Å². The van der Waals surface area contributed by atoms with E-state index in [1.807, 2.05) is 35.2 Å². The van der Waals surface area contributed by atoms with Crippen molar-refractivity contribution < 1.29 is 29.0 Å². The number of Topliss-reactive ketones (excluding diaryl/α,β-unsaturated/α-hetero) is 1. The minimum atomic E-state index is -1.12. The van der Waals surface area contributed by atoms with Crippen LogP contribution in [-0.2, 0) is 25.7 Å². The fourth-order valence-electron chi connectivity index (χ4n) is 3.70. The number of carboxylic acid groups (broad SMARTS) is 1. The fourth-order valence-corrected chi connectivity index (χ4v) is 3.70. The smallest absolute Gasteiger partial charge is 0.329 e. The number of fused-ring (bicyclic) bond motifs is 1. The standard InChI is InChI=1S/C21H22N2O6/c1-12-18(20(26)21(22)27)19-15(7-4-8-16(19)29-11-17(24)25)23(12)10-13-5-3-6-14(9-13)28-2/h3-9,16,19H,10-11H2,1-2H3,(H2,22,27)(H,24,25). The maximum atomic E-state index is 12.6. The molecule has 0 aromatic heterocycles. The maximum Gasteiger partial charge on any atom is 0.329 e. The molecule has 0 saturated heterocycles. The molecule has 1 heterocycles. The number of rotatable bonds is 8. The van der Waals surface area contributed by atoms with Crippen molar-refractivity contribution in [1.29, 1.82) is 0 Å². The van der Waals surface area contributed by atoms with Gasteiger partial charge in [0, 0.05) is 23.5 Å². The Labute approximate surface area is 167 Å². The number of carbonyl (C=O) groups excluding carboxylic acids is 2. The summed E-state index contributed by atoms with van der Waals surface area (Å²) >= 11 is 0. The zero-order valence-corrected chi connectivity index (χ0v) is 16.1. The summed E-state index contributed by atoms with van der Waals surface area (Å²) in [4.78, 5) is 37.1. The lowest BCUT2D eigenvalue weighted by atomic mass is 9.86. The number of hydrogen-bond donors (Lipinski definition) is 2. The molecular formula is C21H22N2O6. The first-order valence-corrected chi connectivity index (χ1v) is 9.00. The van der Waals surface area contributed by atoms with Crippen LogP contribution in [0.3, 0.4) is 0 Å². The number of nitrogens with two attached hydrogens (primary N) is 1. The van der Waals surface area contributed by atoms with E-state index in [2.05, 4.69) is 0 Å². The average Bonchev–Trinajstić information content (AvgIpc) is 2.98. The van der Waals surface area contributed by atoms with Crippen LogP contribution < -0.4 is 10.5 Å². The number of ketones is 1. The predicted octanol–water partition coefficient (Wildman–Crippen LogP) is 1.38. The molecule has 29 heavy (non-hydrogen) atoms. The first kappa shape index (κ1) is 20.3. The van der Waals surface area contributed by atoms with Gasteiger partial charge in [-0.3, -0.25) is 9.59 Å². The van der Waals surface area contributed by atoms with Crippen molar-refractivity contribution in [3.63, 3.8) is 0 Å². The number of allylic oxidation sites excluding steroid dienone is 3. The molecule has 1 aliphatic heterocycles. The van der Waals surface area contributed by atoms with Crippen LogP contribution in [0.25, 0.3) is 0 Å². The molecule has 1 aromatic carbocycles. The first-order chi connectivity index (χ1) is 13.8. The van der Waals surface area contributed by atoms with E-state index in [4.69, 9.17) is 20.3 Å². The number of ether oxygens (including phenoxy) is 2. The number of carboxylic acids is 1. The Bertz CT molecular complexity index is 946. The molecule has 0 bridgehead atoms. The molecule has 3 rings (SSSR count). The summed E-state index contributed by atoms with van der Waals surface area (Å²) in [5, 5.41) is 8.96. The van der Waals surface area contributed by atoms with E-state index in [-0.39, 0.29) is 5.57 Å². The molecule has 1 amide bonds. The minimum Gasteiger partial charge on any atom is -0.497 e. The van der Waals surface area contributed by atoms with Crippen molar-refractivity contribution in [1.82, 2.24) is 4.90 Å². The number of hydrogen-bond acceptors (Lipinski definition) is 6. The van der Waals surface area contributed by atoms with E-state index in [0.29, 0.717) is 18.0 Å². The molecule has 2 unspecified atom stereocenters. The van der Waals surface area contributed by atoms with Crippen molar-refractivity contribution in [2.45, 2.75) is 19.6 Å². The Hall–Kier alpha value is -3.39. The molecule has 2 aliphatic rings. The molecule has 3 N–H and O–H groups in total. The lowest BCUT2D eigenvalue weighted by Gasteiger charge is -2.30. The van der Waals surface area contributed by atoms with Gasteiger partial charge in [0.1, 0.15) is 12.4 Å². The highest BCUT2D eigenvalue weighted by molar-refractivity contribution is 6.42. The van der Waals surface area contributed by atoms with E-state index < -0.39 is 36.3 Å². The zero-order chi connectivity index (χ0) is 21.1. The summed E-state index contributed by atoms with van der Waals surface area (Å²) in [7, 11) is 1.58. The quantitative estimate of drug-likeness (QED) is 0.635. The van der Waals surface area contributed by atoms with Crippen LogP contribution >= 0.6 is 0 Å². The van der Waals surface area contributed by atoms with E-state index in [9.17, 15) is 14.4 Å². The number of aliphatic carboxylic acids is 1. The third-order valence-corrected chi connectivity index (χ3v) is 4.97. The summed E-state index contributed by atoms with van der Waals surface area (Å²) in [6, 6.07) is 7.51. The van der Waals surface area contributed by atoms with Gasteiger partial charge in [-0.05, 0) is 30.7 Å². The van der Waals surface area contributed by atoms with Crippen molar-refractivity contribution in [2.75, 3.05) is 13.7 Å². The molecule has 0 spiro atoms. The topological polar surface area (TPSA) is 119 Å². The lowest BCUT2D eigenvalue weighted by Crippen LogP contribution is -2.34. The molecular weight excluding hydrogens is 376 g/mol. The summed E-state index contributed by atoms with van der Waals surface area (Å²) in [6.45, 7) is 1.65. The Kier molecular flexibility index (Phi) is 5.84. The number of benzene rings is 1. The summed E-state index contributed by atoms with van der Waals surface area (Å²) in [5.74, 6) is -2.89. The van der Waals surface area contributed by atoms with E-state index in [0.717, 1.165) is 11.3 Å². The normalized spacial score (nSPS) is 20.3. The van der Waals surface area contributed by atoms with Crippen LogP contribution in [-0.4, -0.2) is 47.5 Å². The molecule has 8 heteroatoms. The third kappa shape index (κ3) is 4.07. The monoisotopic (exact) mass is 398 g/mol. The Balaban J connectivity index is 1.99. The molecule has 1 aliphatic carbocycles. The Morgan fingerprint density at radius 3 is 2.69 bits per heavy atom. The van der Waals surface area contributed by atoms with Crippen molar-refractivity contribution in [3.05, 3.63) is 65.0 Å². The van der Waals surface area contributed by atoms with Gasteiger partial charge < -0.3 is 25.2 Å². The number of amides is 1. The Morgan fingerprint density at radius 1 is 1.28 bits per heavy atom. The molecule has 0 radical (unpaired) electrons. The second-order valence-electron chi connectivity index (χ2n) is 6.75. The van der Waals surface area contributed by atoms with Crippen LogP contribution in [0.4, 0.5) is 0 Å². The molecule has 0 fully saturated rings. The van der Waals surface area contributed by atoms with Gasteiger partial charge in [-0.25, -0.2) is 4.79 Å². The van der Waals surface area contributed by atoms with E-state index in [1.54, 1.807) is 26.2 Å². The van der Waals surface area contributed by atoms with Crippen LogP contribution in [0.15, 0.2) is 59.5 Å². The lowest BCUT2D eigenvalue weighted by molar-refractivity contribution is -0.144. The van der Waals surface area contributed by atoms with Gasteiger partial charge in [-0.2, -0.15) is 0 Å². The van der Waals surface area contributed by atoms with Crippen LogP contribution in [0.1, 0.15) is 12.5 Å². The molecule has 2 atom stereocenters. The SMILES string of the molecule is COc1cccc(CN2C3=CC=CC(OCC(=O)O)C3C(C(=O)C(N)=O)=C2C)c1. The van der Waals surface area contributed by atoms with Crippen molar-refractivity contribution in [3.8, 4) is 5.75 Å². The number of nitrogens with zero attached hydrogens (tertiary/aromatic N) is 1. The minimum absolute atomic E-state index is 0.228. The van der Waals surface area contributed by atoms with Crippen molar-refractivity contribution in [2.24, 2.45) is 11.7 Å². The Morgan fingerprint density at radius 2 is 2.03 bits per heavy atom. The van der Waals surface area contributed by atoms with Gasteiger partial charge in [0.05, 0.1) is 19.1 Å². The second-order valence-corrected chi connectivity index (χ2v) is 6.75. The van der Waals surface area contributed by atoms with Gasteiger partial charge >= 0.3 is 5.97 Å². The van der Waals surface area contributed by atoms with Crippen LogP contribution in [0.5, 0.6) is 5.75 Å². The zero-order valence-electron chi connectivity index (χ0n) is 16.1. The summed E-state index contributed by atoms with van der Waals surface area (Å²) < 4.78 is 10.8. The second kappa shape index (κ2) is 8.32. The molecule has 0 saturated carbocycles. The highest BCUT2D eigenvalue weighted by Crippen LogP contribution is 2.43. The molecule has 8 nitrogen and oxygen atoms in total. The van der Waals surface area contributed by atoms with Gasteiger partial charge in [0.15, 0.2) is 0 Å². The van der Waals surface area contributed by atoms with Gasteiger partial charge in [-0.15, -0.1) is 0 Å². The summed E-state index contributed by atoms with van der Waals surface area (Å²) in [5.41, 5.74) is 7.77. The maximum absolute atomic E-state index is 12.6. The number of methoxy groups -OCH3 is 1. The number of primary amides is 1. The van der Waals surface area contributed by atoms with Gasteiger partial charge in [-0.1, -0.05) is 24.3 Å². The highest BCUT2D eigenvalue weighted by atomic mass is 16.5. The third-order valence-electron chi connectivity index (χ3n) is 4.97. The summed E-state index contributed by atoms with van der Waals surface area (Å²) in [6.07, 6.45) is 4.56. The average molecular weight is 398 g/mol. The van der Waals surface area contributed by atoms with E-state index in [1.165, 1.54) is 0 Å². The van der Waals surface area contributed by atoms with E-state index >= 15 is 0 Å². The largest absolute Gasteiger partial charge is 0.497 e. The van der Waals surface area contributed by atoms with Crippen molar-refractivity contribution >= 4 is 17.7 Å². The van der Waals surface area contributed by atoms with Crippen LogP contribution in [0, 0.1) is 5.92 Å². The molecule has 1 aromatic rings. The predicted molar refractivity (Wildman–Crippen MR) is 104 cm³/mol.